The molecule has 1 amide bonds. The Morgan fingerprint density at radius 1 is 1.15 bits per heavy atom. The zero-order chi connectivity index (χ0) is 19.3. The number of amides is 1. The lowest BCUT2D eigenvalue weighted by Gasteiger charge is -2.35. The van der Waals surface area contributed by atoms with E-state index in [0.29, 0.717) is 53.9 Å². The molecule has 8 heteroatoms. The quantitative estimate of drug-likeness (QED) is 0.702. The van der Waals surface area contributed by atoms with E-state index in [4.69, 9.17) is 32.7 Å². The first kappa shape index (κ1) is 20.8. The predicted octanol–water partition coefficient (Wildman–Crippen LogP) is 3.74. The third-order valence-corrected chi connectivity index (χ3v) is 4.49. The summed E-state index contributed by atoms with van der Waals surface area (Å²) < 4.78 is 11.1. The van der Waals surface area contributed by atoms with Crippen molar-refractivity contribution in [2.24, 2.45) is 0 Å². The largest absolute Gasteiger partial charge is 0.491 e. The highest BCUT2D eigenvalue weighted by Crippen LogP contribution is 2.30. The van der Waals surface area contributed by atoms with E-state index in [1.54, 1.807) is 11.0 Å². The first-order chi connectivity index (χ1) is 12.2. The summed E-state index contributed by atoms with van der Waals surface area (Å²) in [5.41, 5.74) is -0.149. The molecule has 0 saturated carbocycles. The number of aldehydes is 1. The van der Waals surface area contributed by atoms with Crippen LogP contribution in [-0.2, 0) is 4.74 Å². The smallest absolute Gasteiger partial charge is 0.410 e. The van der Waals surface area contributed by atoms with Crippen molar-refractivity contribution in [1.82, 2.24) is 9.80 Å². The van der Waals surface area contributed by atoms with Gasteiger partial charge < -0.3 is 14.4 Å². The van der Waals surface area contributed by atoms with Crippen LogP contribution in [0.1, 0.15) is 31.1 Å². The molecule has 2 rings (SSSR count). The highest BCUT2D eigenvalue weighted by Gasteiger charge is 2.25. The number of piperazine rings is 1. The molecule has 1 saturated heterocycles. The molecule has 1 heterocycles. The van der Waals surface area contributed by atoms with E-state index in [9.17, 15) is 9.59 Å². The maximum Gasteiger partial charge on any atom is 0.410 e. The van der Waals surface area contributed by atoms with Crippen molar-refractivity contribution in [2.75, 3.05) is 39.3 Å². The van der Waals surface area contributed by atoms with Crippen molar-refractivity contribution in [3.8, 4) is 5.75 Å². The summed E-state index contributed by atoms with van der Waals surface area (Å²) in [5, 5.41) is 0.664. The van der Waals surface area contributed by atoms with Gasteiger partial charge in [0.1, 0.15) is 18.0 Å². The van der Waals surface area contributed by atoms with Crippen LogP contribution in [0.25, 0.3) is 0 Å². The summed E-state index contributed by atoms with van der Waals surface area (Å²) in [4.78, 5) is 26.8. The molecule has 0 N–H and O–H groups in total. The first-order valence-corrected chi connectivity index (χ1v) is 9.22. The average molecular weight is 403 g/mol. The van der Waals surface area contributed by atoms with Crippen LogP contribution in [0.4, 0.5) is 4.79 Å². The molecule has 1 aromatic carbocycles. The van der Waals surface area contributed by atoms with Gasteiger partial charge in [0.15, 0.2) is 6.29 Å². The number of benzene rings is 1. The Labute approximate surface area is 163 Å². The van der Waals surface area contributed by atoms with Crippen LogP contribution in [0.3, 0.4) is 0 Å². The number of carbonyl (C=O) groups excluding carboxylic acids is 2. The maximum absolute atomic E-state index is 12.0. The number of ether oxygens (including phenoxy) is 2. The van der Waals surface area contributed by atoms with Gasteiger partial charge in [-0.1, -0.05) is 23.2 Å². The topological polar surface area (TPSA) is 59.1 Å². The number of nitrogens with zero attached hydrogens (tertiary/aromatic N) is 2. The Bertz CT molecular complexity index is 653. The summed E-state index contributed by atoms with van der Waals surface area (Å²) in [6, 6.07) is 3.04. The molecule has 0 radical (unpaired) electrons. The van der Waals surface area contributed by atoms with Crippen LogP contribution in [-0.4, -0.2) is 67.1 Å². The lowest BCUT2D eigenvalue weighted by molar-refractivity contribution is 0.0137. The van der Waals surface area contributed by atoms with Crippen molar-refractivity contribution in [1.29, 1.82) is 0 Å². The Morgan fingerprint density at radius 2 is 1.81 bits per heavy atom. The number of hydrogen-bond donors (Lipinski definition) is 0. The van der Waals surface area contributed by atoms with E-state index in [1.165, 1.54) is 6.07 Å². The third kappa shape index (κ3) is 6.04. The number of carbonyl (C=O) groups is 2. The van der Waals surface area contributed by atoms with Crippen LogP contribution in [0.5, 0.6) is 5.75 Å². The van der Waals surface area contributed by atoms with Gasteiger partial charge in [-0.3, -0.25) is 9.69 Å². The van der Waals surface area contributed by atoms with Gasteiger partial charge in [-0.25, -0.2) is 4.79 Å². The van der Waals surface area contributed by atoms with Gasteiger partial charge in [-0.05, 0) is 26.8 Å². The van der Waals surface area contributed by atoms with Crippen molar-refractivity contribution in [3.63, 3.8) is 0 Å². The molecule has 0 bridgehead atoms. The Balaban J connectivity index is 1.76. The predicted molar refractivity (Wildman–Crippen MR) is 102 cm³/mol. The van der Waals surface area contributed by atoms with Gasteiger partial charge in [-0.2, -0.15) is 0 Å². The summed E-state index contributed by atoms with van der Waals surface area (Å²) >= 11 is 12.1. The zero-order valence-electron chi connectivity index (χ0n) is 15.3. The molecule has 1 aliphatic heterocycles. The van der Waals surface area contributed by atoms with E-state index in [2.05, 4.69) is 4.90 Å². The highest BCUT2D eigenvalue weighted by atomic mass is 35.5. The molecule has 26 heavy (non-hydrogen) atoms. The standard InChI is InChI=1S/C18H24Cl2N2O4/c1-18(2,3)26-17(24)22-6-4-21(5-7-22)8-9-25-16-11-14(19)13(12-23)10-15(16)20/h10-12H,4-9H2,1-3H3. The molecule has 144 valence electrons. The average Bonchev–Trinajstić information content (AvgIpc) is 2.56. The minimum atomic E-state index is -0.484. The van der Waals surface area contributed by atoms with Crippen LogP contribution in [0, 0.1) is 0 Å². The van der Waals surface area contributed by atoms with Crippen LogP contribution >= 0.6 is 23.2 Å². The molecule has 1 fully saturated rings. The molecule has 0 aromatic heterocycles. The zero-order valence-corrected chi connectivity index (χ0v) is 16.8. The SMILES string of the molecule is CC(C)(C)OC(=O)N1CCN(CCOc2cc(Cl)c(C=O)cc2Cl)CC1. The molecule has 6 nitrogen and oxygen atoms in total. The molecule has 0 unspecified atom stereocenters. The normalized spacial score (nSPS) is 15.7. The number of halogens is 2. The van der Waals surface area contributed by atoms with E-state index < -0.39 is 5.60 Å². The van der Waals surface area contributed by atoms with Crippen molar-refractivity contribution < 1.29 is 19.1 Å². The minimum Gasteiger partial charge on any atom is -0.491 e. The molecule has 1 aromatic rings. The maximum atomic E-state index is 12.0. The molecular formula is C18H24Cl2N2O4. The van der Waals surface area contributed by atoms with Crippen molar-refractivity contribution in [3.05, 3.63) is 27.7 Å². The third-order valence-electron chi connectivity index (χ3n) is 3.87. The fourth-order valence-electron chi connectivity index (χ4n) is 2.51. The second kappa shape index (κ2) is 8.93. The van der Waals surface area contributed by atoms with E-state index in [1.807, 2.05) is 20.8 Å². The molecule has 0 aliphatic carbocycles. The van der Waals surface area contributed by atoms with Gasteiger partial charge in [0, 0.05) is 44.4 Å². The summed E-state index contributed by atoms with van der Waals surface area (Å²) in [6.07, 6.45) is 0.382. The summed E-state index contributed by atoms with van der Waals surface area (Å²) in [6.45, 7) is 9.45. The Morgan fingerprint density at radius 3 is 2.38 bits per heavy atom. The fourth-order valence-corrected chi connectivity index (χ4v) is 2.93. The van der Waals surface area contributed by atoms with E-state index in [-0.39, 0.29) is 6.09 Å². The number of rotatable bonds is 5. The molecular weight excluding hydrogens is 379 g/mol. The van der Waals surface area contributed by atoms with E-state index in [0.717, 1.165) is 13.1 Å². The van der Waals surface area contributed by atoms with Crippen LogP contribution in [0.15, 0.2) is 12.1 Å². The van der Waals surface area contributed by atoms with Gasteiger partial charge in [0.2, 0.25) is 0 Å². The van der Waals surface area contributed by atoms with Crippen molar-refractivity contribution >= 4 is 35.6 Å². The second-order valence-corrected chi connectivity index (χ2v) is 7.89. The minimum absolute atomic E-state index is 0.273. The van der Waals surface area contributed by atoms with Gasteiger partial charge in [0.25, 0.3) is 0 Å². The monoisotopic (exact) mass is 402 g/mol. The molecule has 0 atom stereocenters. The van der Waals surface area contributed by atoms with Gasteiger partial charge >= 0.3 is 6.09 Å². The van der Waals surface area contributed by atoms with E-state index >= 15 is 0 Å². The van der Waals surface area contributed by atoms with Crippen LogP contribution < -0.4 is 4.74 Å². The Hall–Kier alpha value is -1.50. The molecule has 1 aliphatic rings. The lowest BCUT2D eigenvalue weighted by atomic mass is 10.2. The summed E-state index contributed by atoms with van der Waals surface area (Å²) in [7, 11) is 0. The number of hydrogen-bond acceptors (Lipinski definition) is 5. The van der Waals surface area contributed by atoms with Crippen LogP contribution in [0.2, 0.25) is 10.0 Å². The highest BCUT2D eigenvalue weighted by molar-refractivity contribution is 6.36. The second-order valence-electron chi connectivity index (χ2n) is 7.08. The van der Waals surface area contributed by atoms with Gasteiger partial charge in [0.05, 0.1) is 10.0 Å². The summed E-state index contributed by atoms with van der Waals surface area (Å²) in [5.74, 6) is 0.453. The van der Waals surface area contributed by atoms with Gasteiger partial charge in [-0.15, -0.1) is 0 Å². The molecule has 0 spiro atoms. The first-order valence-electron chi connectivity index (χ1n) is 8.47. The fraction of sp³-hybridized carbons (Fsp3) is 0.556. The van der Waals surface area contributed by atoms with Crippen molar-refractivity contribution in [2.45, 2.75) is 26.4 Å². The Kier molecular flexibility index (Phi) is 7.15. The lowest BCUT2D eigenvalue weighted by Crippen LogP contribution is -2.50.